The van der Waals surface area contributed by atoms with Crippen LogP contribution in [0.5, 0.6) is 0 Å². The first kappa shape index (κ1) is 11.0. The quantitative estimate of drug-likeness (QED) is 0.765. The van der Waals surface area contributed by atoms with E-state index in [1.54, 1.807) is 18.3 Å². The van der Waals surface area contributed by atoms with Crippen LogP contribution in [0.1, 0.15) is 5.56 Å². The predicted octanol–water partition coefficient (Wildman–Crippen LogP) is 1.81. The van der Waals surface area contributed by atoms with Gasteiger partial charge in [0.25, 0.3) is 0 Å². The fourth-order valence-electron chi connectivity index (χ4n) is 1.62. The average Bonchev–Trinajstić information content (AvgIpc) is 2.61. The number of aromatic amines is 1. The van der Waals surface area contributed by atoms with Crippen molar-refractivity contribution in [3.05, 3.63) is 35.0 Å². The number of aliphatic hydroxyl groups excluding tert-OH is 1. The van der Waals surface area contributed by atoms with Gasteiger partial charge in [-0.2, -0.15) is 0 Å². The number of H-pyrrole nitrogens is 1. The monoisotopic (exact) mass is 239 g/mol. The number of hydrogen-bond acceptors (Lipinski definition) is 2. The lowest BCUT2D eigenvalue weighted by atomic mass is 10.1. The second-order valence-electron chi connectivity index (χ2n) is 3.56. The van der Waals surface area contributed by atoms with Crippen molar-refractivity contribution >= 4 is 28.5 Å². The number of aliphatic hydroxyl groups is 1. The van der Waals surface area contributed by atoms with Crippen LogP contribution >= 0.6 is 11.6 Å². The Labute approximate surface area is 96.5 Å². The molecule has 0 saturated carbocycles. The topological polar surface area (TPSA) is 73.3 Å². The highest BCUT2D eigenvalue weighted by atomic mass is 35.5. The Morgan fingerprint density at radius 2 is 2.25 bits per heavy atom. The van der Waals surface area contributed by atoms with E-state index in [1.807, 2.05) is 6.07 Å². The molecule has 5 heteroatoms. The highest BCUT2D eigenvalue weighted by molar-refractivity contribution is 6.31. The number of rotatable bonds is 3. The number of carbonyl (C=O) groups is 1. The van der Waals surface area contributed by atoms with E-state index in [0.717, 1.165) is 16.5 Å². The molecule has 1 aromatic carbocycles. The maximum Gasteiger partial charge on any atom is 0.332 e. The third-order valence-electron chi connectivity index (χ3n) is 2.43. The number of halogens is 1. The van der Waals surface area contributed by atoms with Crippen LogP contribution in [0, 0.1) is 0 Å². The number of hydrogen-bond donors (Lipinski definition) is 3. The van der Waals surface area contributed by atoms with Gasteiger partial charge in [-0.3, -0.25) is 0 Å². The molecule has 0 amide bonds. The minimum atomic E-state index is -1.39. The van der Waals surface area contributed by atoms with Crippen LogP contribution in [0.15, 0.2) is 24.4 Å². The van der Waals surface area contributed by atoms with Crippen LogP contribution in [-0.2, 0) is 11.2 Å². The van der Waals surface area contributed by atoms with E-state index in [-0.39, 0.29) is 6.42 Å². The molecular weight excluding hydrogens is 230 g/mol. The van der Waals surface area contributed by atoms with Crippen molar-refractivity contribution in [1.82, 2.24) is 4.98 Å². The van der Waals surface area contributed by atoms with E-state index in [4.69, 9.17) is 16.7 Å². The fourth-order valence-corrected chi connectivity index (χ4v) is 1.79. The largest absolute Gasteiger partial charge is 0.479 e. The molecule has 0 aliphatic heterocycles. The van der Waals surface area contributed by atoms with Crippen molar-refractivity contribution in [1.29, 1.82) is 0 Å². The Morgan fingerprint density at radius 1 is 1.50 bits per heavy atom. The summed E-state index contributed by atoms with van der Waals surface area (Å²) in [6, 6.07) is 5.31. The van der Waals surface area contributed by atoms with Crippen LogP contribution < -0.4 is 0 Å². The zero-order valence-corrected chi connectivity index (χ0v) is 9.03. The summed E-state index contributed by atoms with van der Waals surface area (Å²) < 4.78 is 0. The van der Waals surface area contributed by atoms with Gasteiger partial charge in [0.1, 0.15) is 0 Å². The second-order valence-corrected chi connectivity index (χ2v) is 4.00. The Hall–Kier alpha value is -1.52. The molecule has 3 N–H and O–H groups in total. The van der Waals surface area contributed by atoms with Crippen molar-refractivity contribution in [3.63, 3.8) is 0 Å². The van der Waals surface area contributed by atoms with Gasteiger partial charge in [0.15, 0.2) is 6.10 Å². The first-order valence-electron chi connectivity index (χ1n) is 4.74. The summed E-state index contributed by atoms with van der Waals surface area (Å²) in [4.78, 5) is 13.5. The zero-order chi connectivity index (χ0) is 11.7. The van der Waals surface area contributed by atoms with E-state index >= 15 is 0 Å². The molecule has 2 rings (SSSR count). The zero-order valence-electron chi connectivity index (χ0n) is 8.27. The maximum atomic E-state index is 10.5. The van der Waals surface area contributed by atoms with Crippen LogP contribution in [-0.4, -0.2) is 27.3 Å². The molecule has 0 saturated heterocycles. The number of nitrogens with one attached hydrogen (secondary N) is 1. The van der Waals surface area contributed by atoms with Gasteiger partial charge < -0.3 is 15.2 Å². The van der Waals surface area contributed by atoms with Crippen molar-refractivity contribution < 1.29 is 15.0 Å². The highest BCUT2D eigenvalue weighted by Crippen LogP contribution is 2.23. The highest BCUT2D eigenvalue weighted by Gasteiger charge is 2.16. The van der Waals surface area contributed by atoms with Crippen LogP contribution in [0.3, 0.4) is 0 Å². The summed E-state index contributed by atoms with van der Waals surface area (Å²) in [6.07, 6.45) is 0.362. The lowest BCUT2D eigenvalue weighted by Gasteiger charge is -2.03. The minimum Gasteiger partial charge on any atom is -0.479 e. The standard InChI is InChI=1S/C11H10ClNO3/c12-7-1-2-9-8(4-7)6(5-13-9)3-10(14)11(15)16/h1-2,4-5,10,13-14H,3H2,(H,15,16)/t10-/m0/s1. The van der Waals surface area contributed by atoms with E-state index in [2.05, 4.69) is 4.98 Å². The van der Waals surface area contributed by atoms with E-state index in [9.17, 15) is 9.90 Å². The first-order valence-corrected chi connectivity index (χ1v) is 5.12. The summed E-state index contributed by atoms with van der Waals surface area (Å²) in [7, 11) is 0. The van der Waals surface area contributed by atoms with Gasteiger partial charge in [0.05, 0.1) is 0 Å². The summed E-state index contributed by atoms with van der Waals surface area (Å²) in [6.45, 7) is 0. The fraction of sp³-hybridized carbons (Fsp3) is 0.182. The number of benzene rings is 1. The first-order chi connectivity index (χ1) is 7.58. The van der Waals surface area contributed by atoms with Gasteiger partial charge in [0.2, 0.25) is 0 Å². The molecule has 2 aromatic rings. The lowest BCUT2D eigenvalue weighted by molar-refractivity contribution is -0.146. The second kappa shape index (κ2) is 4.15. The van der Waals surface area contributed by atoms with Gasteiger partial charge in [-0.05, 0) is 23.8 Å². The van der Waals surface area contributed by atoms with Crippen LogP contribution in [0.4, 0.5) is 0 Å². The maximum absolute atomic E-state index is 10.5. The number of fused-ring (bicyclic) bond motifs is 1. The number of carboxylic acid groups (broad SMARTS) is 1. The van der Waals surface area contributed by atoms with Gasteiger partial charge >= 0.3 is 5.97 Å². The molecule has 0 radical (unpaired) electrons. The molecule has 0 unspecified atom stereocenters. The van der Waals surface area contributed by atoms with Gasteiger partial charge in [-0.15, -0.1) is 0 Å². The van der Waals surface area contributed by atoms with E-state index in [1.165, 1.54) is 0 Å². The lowest BCUT2D eigenvalue weighted by Crippen LogP contribution is -2.21. The molecule has 0 fully saturated rings. The Bertz CT molecular complexity index is 535. The molecule has 1 aromatic heterocycles. The Morgan fingerprint density at radius 3 is 2.94 bits per heavy atom. The predicted molar refractivity (Wildman–Crippen MR) is 60.7 cm³/mol. The third kappa shape index (κ3) is 2.03. The molecule has 0 aliphatic carbocycles. The van der Waals surface area contributed by atoms with Gasteiger partial charge in [-0.1, -0.05) is 11.6 Å². The third-order valence-corrected chi connectivity index (χ3v) is 2.66. The molecule has 0 aliphatic rings. The summed E-state index contributed by atoms with van der Waals surface area (Å²) in [5, 5.41) is 19.3. The van der Waals surface area contributed by atoms with E-state index in [0.29, 0.717) is 5.02 Å². The normalized spacial score (nSPS) is 12.9. The number of aliphatic carboxylic acids is 1. The number of carboxylic acids is 1. The van der Waals surface area contributed by atoms with Gasteiger partial charge in [-0.25, -0.2) is 4.79 Å². The van der Waals surface area contributed by atoms with Crippen molar-refractivity contribution in [3.8, 4) is 0 Å². The molecule has 1 atom stereocenters. The summed E-state index contributed by atoms with van der Waals surface area (Å²) in [5.74, 6) is -1.23. The SMILES string of the molecule is O=C(O)[C@@H](O)Cc1c[nH]c2ccc(Cl)cc12. The molecule has 1 heterocycles. The molecule has 16 heavy (non-hydrogen) atoms. The van der Waals surface area contributed by atoms with Crippen molar-refractivity contribution in [2.24, 2.45) is 0 Å². The number of aromatic nitrogens is 1. The van der Waals surface area contributed by atoms with Crippen LogP contribution in [0.25, 0.3) is 10.9 Å². The van der Waals surface area contributed by atoms with Crippen molar-refractivity contribution in [2.75, 3.05) is 0 Å². The Balaban J connectivity index is 2.37. The van der Waals surface area contributed by atoms with Crippen LogP contribution in [0.2, 0.25) is 5.02 Å². The molecule has 84 valence electrons. The molecule has 4 nitrogen and oxygen atoms in total. The molecule has 0 spiro atoms. The van der Waals surface area contributed by atoms with E-state index < -0.39 is 12.1 Å². The molecular formula is C11H10ClNO3. The minimum absolute atomic E-state index is 0.0652. The Kier molecular flexibility index (Phi) is 2.85. The summed E-state index contributed by atoms with van der Waals surface area (Å²) in [5.41, 5.74) is 1.62. The average molecular weight is 240 g/mol. The smallest absolute Gasteiger partial charge is 0.332 e. The van der Waals surface area contributed by atoms with Gasteiger partial charge in [0, 0.05) is 28.5 Å². The summed E-state index contributed by atoms with van der Waals surface area (Å²) >= 11 is 5.85. The molecule has 0 bridgehead atoms. The van der Waals surface area contributed by atoms with Crippen molar-refractivity contribution in [2.45, 2.75) is 12.5 Å².